The van der Waals surface area contributed by atoms with Gasteiger partial charge in [-0.15, -0.1) is 0 Å². The summed E-state index contributed by atoms with van der Waals surface area (Å²) in [7, 11) is -3.61. The van der Waals surface area contributed by atoms with E-state index in [-0.39, 0.29) is 24.3 Å². The maximum atomic E-state index is 13.1. The topological polar surface area (TPSA) is 64.8 Å². The van der Waals surface area contributed by atoms with Crippen molar-refractivity contribution in [2.45, 2.75) is 49.0 Å². The molecule has 0 aromatic heterocycles. The Hall–Kier alpha value is -1.77. The molecule has 142 valence electrons. The van der Waals surface area contributed by atoms with Gasteiger partial charge in [-0.05, 0) is 24.6 Å². The normalized spacial score (nSPS) is 34.3. The number of fused-ring (bicyclic) bond motifs is 4. The Morgan fingerprint density at radius 2 is 1.81 bits per heavy atom. The lowest BCUT2D eigenvalue weighted by Crippen LogP contribution is -2.42. The molecule has 3 saturated heterocycles. The Kier molecular flexibility index (Phi) is 4.10. The Morgan fingerprint density at radius 3 is 2.56 bits per heavy atom. The van der Waals surface area contributed by atoms with Gasteiger partial charge in [-0.3, -0.25) is 0 Å². The van der Waals surface area contributed by atoms with E-state index in [9.17, 15) is 8.42 Å². The van der Waals surface area contributed by atoms with Gasteiger partial charge in [0.15, 0.2) is 6.29 Å². The SMILES string of the molecule is Cc1ccc(S(=O)(=O)N2[C@@H]3[C@H](OCc4ccccc4)[C@H]4CO[C@H](O4)[C@@H]32)cc1. The predicted molar refractivity (Wildman–Crippen MR) is 97.4 cm³/mol. The molecule has 3 aliphatic rings. The fraction of sp³-hybridized carbons (Fsp3) is 0.400. The molecule has 6 atom stereocenters. The highest BCUT2D eigenvalue weighted by Gasteiger charge is 2.70. The van der Waals surface area contributed by atoms with Crippen molar-refractivity contribution in [3.63, 3.8) is 0 Å². The van der Waals surface area contributed by atoms with Crippen molar-refractivity contribution in [1.29, 1.82) is 0 Å². The van der Waals surface area contributed by atoms with E-state index < -0.39 is 16.3 Å². The predicted octanol–water partition coefficient (Wildman–Crippen LogP) is 2.08. The van der Waals surface area contributed by atoms with Crippen LogP contribution in [0.5, 0.6) is 0 Å². The van der Waals surface area contributed by atoms with Crippen LogP contribution in [0.1, 0.15) is 11.1 Å². The zero-order chi connectivity index (χ0) is 18.6. The minimum atomic E-state index is -3.61. The van der Waals surface area contributed by atoms with Gasteiger partial charge >= 0.3 is 0 Å². The van der Waals surface area contributed by atoms with Gasteiger partial charge in [-0.25, -0.2) is 8.42 Å². The summed E-state index contributed by atoms with van der Waals surface area (Å²) in [6.07, 6.45) is -1.08. The van der Waals surface area contributed by atoms with Crippen LogP contribution in [0.3, 0.4) is 0 Å². The van der Waals surface area contributed by atoms with E-state index in [0.29, 0.717) is 18.1 Å². The maximum Gasteiger partial charge on any atom is 0.243 e. The number of hydrogen-bond acceptors (Lipinski definition) is 5. The molecular weight excluding hydrogens is 366 g/mol. The Labute approximate surface area is 158 Å². The second-order valence-electron chi connectivity index (χ2n) is 7.27. The molecule has 0 aliphatic carbocycles. The van der Waals surface area contributed by atoms with Crippen LogP contribution < -0.4 is 0 Å². The second kappa shape index (κ2) is 6.39. The summed E-state index contributed by atoms with van der Waals surface area (Å²) in [5, 5.41) is 0. The third kappa shape index (κ3) is 2.90. The molecule has 2 aromatic carbocycles. The summed E-state index contributed by atoms with van der Waals surface area (Å²) in [5.74, 6) is 0. The summed E-state index contributed by atoms with van der Waals surface area (Å²) in [6.45, 7) is 2.79. The molecule has 3 aliphatic heterocycles. The van der Waals surface area contributed by atoms with Crippen LogP contribution in [0, 0.1) is 6.92 Å². The van der Waals surface area contributed by atoms with Gasteiger partial charge in [0, 0.05) is 0 Å². The van der Waals surface area contributed by atoms with E-state index in [1.807, 2.05) is 49.4 Å². The monoisotopic (exact) mass is 387 g/mol. The number of rotatable bonds is 5. The molecule has 0 N–H and O–H groups in total. The lowest BCUT2D eigenvalue weighted by atomic mass is 10.1. The van der Waals surface area contributed by atoms with Gasteiger partial charge < -0.3 is 14.2 Å². The second-order valence-corrected chi connectivity index (χ2v) is 9.11. The van der Waals surface area contributed by atoms with Gasteiger partial charge in [0.1, 0.15) is 12.2 Å². The molecule has 5 rings (SSSR count). The number of sulfonamides is 1. The largest absolute Gasteiger partial charge is 0.369 e. The van der Waals surface area contributed by atoms with Crippen molar-refractivity contribution < 1.29 is 22.6 Å². The fourth-order valence-electron chi connectivity index (χ4n) is 4.00. The van der Waals surface area contributed by atoms with Crippen LogP contribution in [0.25, 0.3) is 0 Å². The fourth-order valence-corrected chi connectivity index (χ4v) is 5.78. The molecule has 1 unspecified atom stereocenters. The molecule has 27 heavy (non-hydrogen) atoms. The number of ether oxygens (including phenoxy) is 3. The summed E-state index contributed by atoms with van der Waals surface area (Å²) in [5.41, 5.74) is 2.07. The van der Waals surface area contributed by atoms with Crippen molar-refractivity contribution in [3.8, 4) is 0 Å². The van der Waals surface area contributed by atoms with Crippen molar-refractivity contribution in [2.75, 3.05) is 6.61 Å². The van der Waals surface area contributed by atoms with Crippen LogP contribution >= 0.6 is 0 Å². The Bertz CT molecular complexity index is 931. The summed E-state index contributed by atoms with van der Waals surface area (Å²) in [6, 6.07) is 16.2. The average Bonchev–Trinajstić information content (AvgIpc) is 3.30. The van der Waals surface area contributed by atoms with E-state index in [0.717, 1.165) is 11.1 Å². The van der Waals surface area contributed by atoms with Crippen LogP contribution in [0.2, 0.25) is 0 Å². The van der Waals surface area contributed by atoms with Gasteiger partial charge in [-0.1, -0.05) is 48.0 Å². The quantitative estimate of drug-likeness (QED) is 0.735. The van der Waals surface area contributed by atoms with Gasteiger partial charge in [0.05, 0.1) is 30.2 Å². The van der Waals surface area contributed by atoms with Crippen molar-refractivity contribution in [1.82, 2.24) is 4.31 Å². The summed E-state index contributed by atoms with van der Waals surface area (Å²) >= 11 is 0. The van der Waals surface area contributed by atoms with E-state index >= 15 is 0 Å². The van der Waals surface area contributed by atoms with E-state index in [4.69, 9.17) is 14.2 Å². The molecule has 0 saturated carbocycles. The van der Waals surface area contributed by atoms with E-state index in [1.54, 1.807) is 12.1 Å². The molecule has 0 radical (unpaired) electrons. The van der Waals surface area contributed by atoms with Crippen LogP contribution in [-0.2, 0) is 30.8 Å². The maximum absolute atomic E-state index is 13.1. The van der Waals surface area contributed by atoms with Crippen molar-refractivity contribution in [3.05, 3.63) is 65.7 Å². The first kappa shape index (κ1) is 17.3. The zero-order valence-electron chi connectivity index (χ0n) is 14.9. The van der Waals surface area contributed by atoms with Crippen LogP contribution in [0.4, 0.5) is 0 Å². The number of aryl methyl sites for hydroxylation is 1. The highest BCUT2D eigenvalue weighted by Crippen LogP contribution is 2.49. The molecule has 3 heterocycles. The van der Waals surface area contributed by atoms with Crippen molar-refractivity contribution in [2.24, 2.45) is 0 Å². The number of hydrogen-bond donors (Lipinski definition) is 0. The molecular formula is C20H21NO5S. The minimum Gasteiger partial charge on any atom is -0.369 e. The molecule has 2 bridgehead atoms. The third-order valence-electron chi connectivity index (χ3n) is 5.45. The zero-order valence-corrected chi connectivity index (χ0v) is 15.7. The average molecular weight is 387 g/mol. The highest BCUT2D eigenvalue weighted by molar-refractivity contribution is 7.89. The highest BCUT2D eigenvalue weighted by atomic mass is 32.2. The summed E-state index contributed by atoms with van der Waals surface area (Å²) in [4.78, 5) is 0.292. The smallest absolute Gasteiger partial charge is 0.243 e. The Morgan fingerprint density at radius 1 is 1.07 bits per heavy atom. The molecule has 3 fully saturated rings. The van der Waals surface area contributed by atoms with E-state index in [1.165, 1.54) is 4.31 Å². The minimum absolute atomic E-state index is 0.238. The molecule has 0 amide bonds. The third-order valence-corrected chi connectivity index (χ3v) is 7.35. The van der Waals surface area contributed by atoms with Gasteiger partial charge in [-0.2, -0.15) is 4.31 Å². The van der Waals surface area contributed by atoms with Gasteiger partial charge in [0.2, 0.25) is 10.0 Å². The van der Waals surface area contributed by atoms with Crippen LogP contribution in [-0.4, -0.2) is 49.9 Å². The number of benzene rings is 2. The summed E-state index contributed by atoms with van der Waals surface area (Å²) < 4.78 is 45.4. The molecule has 6 nitrogen and oxygen atoms in total. The molecule has 2 aromatic rings. The van der Waals surface area contributed by atoms with E-state index in [2.05, 4.69) is 0 Å². The van der Waals surface area contributed by atoms with Crippen molar-refractivity contribution >= 4 is 10.0 Å². The molecule has 0 spiro atoms. The lowest BCUT2D eigenvalue weighted by molar-refractivity contribution is -0.121. The van der Waals surface area contributed by atoms with Gasteiger partial charge in [0.25, 0.3) is 0 Å². The first-order valence-corrected chi connectivity index (χ1v) is 10.5. The number of nitrogens with zero attached hydrogens (tertiary/aromatic N) is 1. The first-order chi connectivity index (χ1) is 13.1. The first-order valence-electron chi connectivity index (χ1n) is 9.08. The standard InChI is InChI=1S/C20H21NO5S/c1-13-7-9-15(10-8-13)27(22,23)21-17-18(21)20-25-12-16(26-20)19(17)24-11-14-5-3-2-4-6-14/h2-10,16-20H,11-12H2,1H3/t16-,17+,18-,19-,20-,21?/m1/s1. The Balaban J connectivity index is 1.39. The molecule has 7 heteroatoms. The van der Waals surface area contributed by atoms with Crippen LogP contribution in [0.15, 0.2) is 59.5 Å². The lowest BCUT2D eigenvalue weighted by Gasteiger charge is -2.25.